The van der Waals surface area contributed by atoms with Gasteiger partial charge in [0.2, 0.25) is 0 Å². The molecule has 1 aliphatic carbocycles. The summed E-state index contributed by atoms with van der Waals surface area (Å²) in [5, 5.41) is 0. The molecule has 0 aromatic heterocycles. The maximum absolute atomic E-state index is 6.15. The maximum atomic E-state index is 6.15. The van der Waals surface area contributed by atoms with E-state index in [1.807, 2.05) is 18.2 Å². The highest BCUT2D eigenvalue weighted by molar-refractivity contribution is 5.30. The van der Waals surface area contributed by atoms with Crippen molar-refractivity contribution in [1.82, 2.24) is 4.90 Å². The van der Waals surface area contributed by atoms with Crippen LogP contribution in [0.4, 0.5) is 0 Å². The molecule has 0 spiro atoms. The minimum atomic E-state index is 0.304. The molecule has 1 saturated carbocycles. The van der Waals surface area contributed by atoms with Gasteiger partial charge < -0.3 is 10.5 Å². The molecule has 0 heterocycles. The summed E-state index contributed by atoms with van der Waals surface area (Å²) in [5.41, 5.74) is 8.62. The summed E-state index contributed by atoms with van der Waals surface area (Å²) in [6.45, 7) is 6.93. The van der Waals surface area contributed by atoms with Crippen molar-refractivity contribution in [3.63, 3.8) is 0 Å². The SMILES string of the molecule is CC(C)CN(C1CC1)C(CN)c1ccc(OCc2ccccc2)cc1. The molecular weight excluding hydrogens is 308 g/mol. The average Bonchev–Trinajstić information content (AvgIpc) is 3.46. The number of rotatable bonds is 9. The number of benzene rings is 2. The predicted octanol–water partition coefficient (Wildman–Crippen LogP) is 4.39. The fraction of sp³-hybridized carbons (Fsp3) is 0.455. The number of nitrogens with two attached hydrogens (primary N) is 1. The van der Waals surface area contributed by atoms with Gasteiger partial charge in [-0.1, -0.05) is 56.3 Å². The molecule has 3 heteroatoms. The van der Waals surface area contributed by atoms with Crippen molar-refractivity contribution in [3.8, 4) is 5.75 Å². The third kappa shape index (κ3) is 5.07. The number of hydrogen-bond donors (Lipinski definition) is 1. The van der Waals surface area contributed by atoms with Crippen LogP contribution in [-0.4, -0.2) is 24.0 Å². The smallest absolute Gasteiger partial charge is 0.119 e. The summed E-state index contributed by atoms with van der Waals surface area (Å²) in [6, 6.07) is 19.8. The molecule has 0 amide bonds. The summed E-state index contributed by atoms with van der Waals surface area (Å²) < 4.78 is 5.90. The molecule has 1 fully saturated rings. The van der Waals surface area contributed by atoms with Crippen LogP contribution in [0.25, 0.3) is 0 Å². The van der Waals surface area contributed by atoms with Crippen molar-refractivity contribution in [2.24, 2.45) is 11.7 Å². The van der Waals surface area contributed by atoms with Crippen molar-refractivity contribution in [2.45, 2.75) is 45.4 Å². The Labute approximate surface area is 151 Å². The highest BCUT2D eigenvalue weighted by Gasteiger charge is 2.34. The summed E-state index contributed by atoms with van der Waals surface area (Å²) in [4.78, 5) is 2.60. The Morgan fingerprint density at radius 2 is 1.72 bits per heavy atom. The van der Waals surface area contributed by atoms with E-state index < -0.39 is 0 Å². The van der Waals surface area contributed by atoms with Crippen molar-refractivity contribution >= 4 is 0 Å². The minimum absolute atomic E-state index is 0.304. The fourth-order valence-electron chi connectivity index (χ4n) is 3.35. The zero-order chi connectivity index (χ0) is 17.6. The van der Waals surface area contributed by atoms with Gasteiger partial charge in [-0.05, 0) is 42.0 Å². The molecule has 1 atom stereocenters. The van der Waals surface area contributed by atoms with Crippen LogP contribution in [0.2, 0.25) is 0 Å². The Balaban J connectivity index is 1.65. The Hall–Kier alpha value is -1.84. The van der Waals surface area contributed by atoms with Gasteiger partial charge in [-0.2, -0.15) is 0 Å². The van der Waals surface area contributed by atoms with Gasteiger partial charge in [0.25, 0.3) is 0 Å². The Morgan fingerprint density at radius 1 is 1.04 bits per heavy atom. The minimum Gasteiger partial charge on any atom is -0.489 e. The summed E-state index contributed by atoms with van der Waals surface area (Å²) in [7, 11) is 0. The molecule has 3 nitrogen and oxygen atoms in total. The van der Waals surface area contributed by atoms with Crippen LogP contribution in [-0.2, 0) is 6.61 Å². The van der Waals surface area contributed by atoms with Gasteiger partial charge in [-0.25, -0.2) is 0 Å². The Morgan fingerprint density at radius 3 is 2.28 bits per heavy atom. The second kappa shape index (κ2) is 8.50. The fourth-order valence-corrected chi connectivity index (χ4v) is 3.35. The zero-order valence-corrected chi connectivity index (χ0v) is 15.4. The van der Waals surface area contributed by atoms with Gasteiger partial charge in [0.1, 0.15) is 12.4 Å². The van der Waals surface area contributed by atoms with Crippen LogP contribution >= 0.6 is 0 Å². The van der Waals surface area contributed by atoms with Crippen LogP contribution in [0.1, 0.15) is 43.9 Å². The van der Waals surface area contributed by atoms with E-state index in [1.54, 1.807) is 0 Å². The normalized spacial score (nSPS) is 15.6. The Bertz CT molecular complexity index is 635. The molecule has 0 saturated heterocycles. The van der Waals surface area contributed by atoms with Crippen molar-refractivity contribution < 1.29 is 4.74 Å². The Kier molecular flexibility index (Phi) is 6.11. The lowest BCUT2D eigenvalue weighted by Gasteiger charge is -2.33. The molecule has 2 aromatic carbocycles. The second-order valence-electron chi connectivity index (χ2n) is 7.42. The lowest BCUT2D eigenvalue weighted by atomic mass is 10.0. The van der Waals surface area contributed by atoms with E-state index in [1.165, 1.54) is 24.0 Å². The molecule has 2 aromatic rings. The first kappa shape index (κ1) is 18.0. The first-order valence-electron chi connectivity index (χ1n) is 9.40. The van der Waals surface area contributed by atoms with Crippen LogP contribution in [0.15, 0.2) is 54.6 Å². The molecule has 1 aliphatic rings. The third-order valence-electron chi connectivity index (χ3n) is 4.73. The number of nitrogens with zero attached hydrogens (tertiary/aromatic N) is 1. The highest BCUT2D eigenvalue weighted by Crippen LogP contribution is 2.35. The van der Waals surface area contributed by atoms with E-state index >= 15 is 0 Å². The lowest BCUT2D eigenvalue weighted by Crippen LogP contribution is -2.38. The lowest BCUT2D eigenvalue weighted by molar-refractivity contribution is 0.169. The molecule has 1 unspecified atom stereocenters. The maximum Gasteiger partial charge on any atom is 0.119 e. The standard InChI is InChI=1S/C22H30N2O/c1-17(2)15-24(20-10-11-20)22(14-23)19-8-12-21(13-9-19)25-16-18-6-4-3-5-7-18/h3-9,12-13,17,20,22H,10-11,14-16,23H2,1-2H3. The molecule has 3 rings (SSSR count). The summed E-state index contributed by atoms with van der Waals surface area (Å²) in [6.07, 6.45) is 2.61. The van der Waals surface area contributed by atoms with Gasteiger partial charge in [-0.15, -0.1) is 0 Å². The van der Waals surface area contributed by atoms with Gasteiger partial charge in [-0.3, -0.25) is 4.90 Å². The predicted molar refractivity (Wildman–Crippen MR) is 104 cm³/mol. The number of hydrogen-bond acceptors (Lipinski definition) is 3. The average molecular weight is 338 g/mol. The molecule has 0 aliphatic heterocycles. The van der Waals surface area contributed by atoms with Crippen LogP contribution in [0.3, 0.4) is 0 Å². The summed E-state index contributed by atoms with van der Waals surface area (Å²) in [5.74, 6) is 1.56. The van der Waals surface area contributed by atoms with Gasteiger partial charge in [0, 0.05) is 25.2 Å². The van der Waals surface area contributed by atoms with Crippen molar-refractivity contribution in [2.75, 3.05) is 13.1 Å². The van der Waals surface area contributed by atoms with E-state index in [-0.39, 0.29) is 0 Å². The molecule has 0 bridgehead atoms. The van der Waals surface area contributed by atoms with Crippen LogP contribution < -0.4 is 10.5 Å². The molecule has 2 N–H and O–H groups in total. The topological polar surface area (TPSA) is 38.5 Å². The molecule has 134 valence electrons. The molecule has 25 heavy (non-hydrogen) atoms. The van der Waals surface area contributed by atoms with E-state index in [2.05, 4.69) is 55.1 Å². The second-order valence-corrected chi connectivity index (χ2v) is 7.42. The van der Waals surface area contributed by atoms with E-state index in [4.69, 9.17) is 10.5 Å². The van der Waals surface area contributed by atoms with Gasteiger partial charge in [0.15, 0.2) is 0 Å². The summed E-state index contributed by atoms with van der Waals surface area (Å²) >= 11 is 0. The highest BCUT2D eigenvalue weighted by atomic mass is 16.5. The van der Waals surface area contributed by atoms with Crippen molar-refractivity contribution in [1.29, 1.82) is 0 Å². The monoisotopic (exact) mass is 338 g/mol. The van der Waals surface area contributed by atoms with E-state index in [0.717, 1.165) is 12.3 Å². The largest absolute Gasteiger partial charge is 0.489 e. The van der Waals surface area contributed by atoms with Gasteiger partial charge in [0.05, 0.1) is 0 Å². The zero-order valence-electron chi connectivity index (χ0n) is 15.4. The van der Waals surface area contributed by atoms with E-state index in [0.29, 0.717) is 31.2 Å². The van der Waals surface area contributed by atoms with Crippen molar-refractivity contribution in [3.05, 3.63) is 65.7 Å². The first-order valence-corrected chi connectivity index (χ1v) is 9.40. The van der Waals surface area contributed by atoms with Gasteiger partial charge >= 0.3 is 0 Å². The number of ether oxygens (including phenoxy) is 1. The molecular formula is C22H30N2O. The van der Waals surface area contributed by atoms with Crippen LogP contribution in [0.5, 0.6) is 5.75 Å². The first-order chi connectivity index (χ1) is 12.2. The van der Waals surface area contributed by atoms with Crippen LogP contribution in [0, 0.1) is 5.92 Å². The molecule has 0 radical (unpaired) electrons. The van der Waals surface area contributed by atoms with E-state index in [9.17, 15) is 0 Å². The quantitative estimate of drug-likeness (QED) is 0.737. The third-order valence-corrected chi connectivity index (χ3v) is 4.73.